The highest BCUT2D eigenvalue weighted by Gasteiger charge is 2.27. The van der Waals surface area contributed by atoms with E-state index in [-0.39, 0.29) is 0 Å². The third kappa shape index (κ3) is 2.82. The van der Waals surface area contributed by atoms with Gasteiger partial charge in [-0.3, -0.25) is 0 Å². The summed E-state index contributed by atoms with van der Waals surface area (Å²) in [6.45, 7) is 0. The predicted molar refractivity (Wildman–Crippen MR) is 88.0 cm³/mol. The fraction of sp³-hybridized carbons (Fsp3) is 0.333. The van der Waals surface area contributed by atoms with Gasteiger partial charge in [0.2, 0.25) is 0 Å². The Morgan fingerprint density at radius 3 is 2.25 bits per heavy atom. The average molecular weight is 330 g/mol. The second-order valence-electron chi connectivity index (χ2n) is 5.63. The molecule has 1 N–H and O–H groups in total. The lowest BCUT2D eigenvalue weighted by atomic mass is 9.91. The van der Waals surface area contributed by atoms with Crippen molar-refractivity contribution in [2.24, 2.45) is 5.92 Å². The fourth-order valence-corrected chi connectivity index (χ4v) is 3.73. The van der Waals surface area contributed by atoms with Crippen LogP contribution < -0.4 is 5.32 Å². The first kappa shape index (κ1) is 13.8. The Balaban J connectivity index is 1.74. The van der Waals surface area contributed by atoms with Crippen LogP contribution in [-0.4, -0.2) is 13.1 Å². The molecule has 0 radical (unpaired) electrons. The third-order valence-corrected chi connectivity index (χ3v) is 5.19. The molecule has 0 spiro atoms. The molecular weight excluding hydrogens is 310 g/mol. The van der Waals surface area contributed by atoms with Gasteiger partial charge in [0.05, 0.1) is 0 Å². The van der Waals surface area contributed by atoms with Crippen LogP contribution >= 0.6 is 15.9 Å². The van der Waals surface area contributed by atoms with Crippen LogP contribution in [0.5, 0.6) is 0 Å². The van der Waals surface area contributed by atoms with Crippen LogP contribution in [-0.2, 0) is 19.3 Å². The molecule has 2 heteroatoms. The number of benzene rings is 2. The third-order valence-electron chi connectivity index (χ3n) is 4.42. The zero-order valence-electron chi connectivity index (χ0n) is 11.8. The highest BCUT2D eigenvalue weighted by Crippen LogP contribution is 2.30. The number of nitrogens with one attached hydrogen (secondary N) is 1. The minimum absolute atomic E-state index is 0.529. The Morgan fingerprint density at radius 1 is 1.05 bits per heavy atom. The molecule has 0 bridgehead atoms. The van der Waals surface area contributed by atoms with Gasteiger partial charge in [0, 0.05) is 10.5 Å². The quantitative estimate of drug-likeness (QED) is 0.894. The average Bonchev–Trinajstić information content (AvgIpc) is 2.90. The molecule has 2 aromatic carbocycles. The molecule has 0 aromatic heterocycles. The molecule has 0 saturated heterocycles. The molecule has 1 aliphatic rings. The van der Waals surface area contributed by atoms with Crippen LogP contribution in [0.3, 0.4) is 0 Å². The van der Waals surface area contributed by atoms with Gasteiger partial charge >= 0.3 is 0 Å². The highest BCUT2D eigenvalue weighted by atomic mass is 79.9. The van der Waals surface area contributed by atoms with Gasteiger partial charge in [-0.05, 0) is 55.0 Å². The maximum atomic E-state index is 3.66. The summed E-state index contributed by atoms with van der Waals surface area (Å²) in [5.74, 6) is 0.699. The molecule has 2 aromatic rings. The van der Waals surface area contributed by atoms with Crippen LogP contribution in [0.4, 0.5) is 0 Å². The predicted octanol–water partition coefficient (Wildman–Crippen LogP) is 3.99. The maximum absolute atomic E-state index is 3.66. The van der Waals surface area contributed by atoms with Crippen molar-refractivity contribution in [2.45, 2.75) is 25.3 Å². The van der Waals surface area contributed by atoms with Crippen molar-refractivity contribution in [1.82, 2.24) is 5.32 Å². The number of hydrogen-bond donors (Lipinski definition) is 1. The van der Waals surface area contributed by atoms with Crippen molar-refractivity contribution in [3.8, 4) is 0 Å². The summed E-state index contributed by atoms with van der Waals surface area (Å²) in [6.07, 6.45) is 3.48. The summed E-state index contributed by atoms with van der Waals surface area (Å²) >= 11 is 3.66. The van der Waals surface area contributed by atoms with Gasteiger partial charge in [0.1, 0.15) is 0 Å². The minimum atomic E-state index is 0.529. The summed E-state index contributed by atoms with van der Waals surface area (Å²) in [7, 11) is 2.09. The van der Waals surface area contributed by atoms with E-state index in [4.69, 9.17) is 0 Å². The first-order chi connectivity index (χ1) is 9.78. The van der Waals surface area contributed by atoms with Crippen LogP contribution in [0.25, 0.3) is 0 Å². The molecule has 1 aliphatic carbocycles. The molecule has 20 heavy (non-hydrogen) atoms. The van der Waals surface area contributed by atoms with E-state index in [0.717, 1.165) is 6.42 Å². The van der Waals surface area contributed by atoms with E-state index >= 15 is 0 Å². The number of fused-ring (bicyclic) bond motifs is 1. The summed E-state index contributed by atoms with van der Waals surface area (Å²) in [4.78, 5) is 0. The highest BCUT2D eigenvalue weighted by molar-refractivity contribution is 9.10. The lowest BCUT2D eigenvalue weighted by Crippen LogP contribution is -2.36. The first-order valence-electron chi connectivity index (χ1n) is 7.25. The van der Waals surface area contributed by atoms with Crippen LogP contribution in [0.1, 0.15) is 16.7 Å². The Kier molecular flexibility index (Phi) is 4.23. The lowest BCUT2D eigenvalue weighted by Gasteiger charge is -2.23. The van der Waals surface area contributed by atoms with Gasteiger partial charge in [-0.25, -0.2) is 0 Å². The molecule has 3 rings (SSSR count). The summed E-state index contributed by atoms with van der Waals surface area (Å²) < 4.78 is 1.22. The first-order valence-corrected chi connectivity index (χ1v) is 8.04. The molecule has 1 unspecified atom stereocenters. The maximum Gasteiger partial charge on any atom is 0.0207 e. The van der Waals surface area contributed by atoms with E-state index in [9.17, 15) is 0 Å². The van der Waals surface area contributed by atoms with Crippen molar-refractivity contribution in [3.05, 3.63) is 69.7 Å². The van der Waals surface area contributed by atoms with Crippen LogP contribution in [0.2, 0.25) is 0 Å². The molecule has 0 amide bonds. The Bertz CT molecular complexity index is 568. The smallest absolute Gasteiger partial charge is 0.0207 e. The normalized spacial score (nSPS) is 16.1. The number of likely N-dealkylation sites (N-methyl/N-ethyl adjacent to an activating group) is 1. The van der Waals surface area contributed by atoms with Gasteiger partial charge in [-0.15, -0.1) is 0 Å². The van der Waals surface area contributed by atoms with Gasteiger partial charge in [-0.2, -0.15) is 0 Å². The Hall–Kier alpha value is -1.12. The summed E-state index contributed by atoms with van der Waals surface area (Å²) in [6, 6.07) is 17.9. The molecule has 0 heterocycles. The monoisotopic (exact) mass is 329 g/mol. The van der Waals surface area contributed by atoms with Gasteiger partial charge in [-0.1, -0.05) is 58.4 Å². The van der Waals surface area contributed by atoms with Crippen molar-refractivity contribution < 1.29 is 0 Å². The SMILES string of the molecule is CNC(Cc1ccccc1Br)C1Cc2ccccc2C1. The zero-order valence-corrected chi connectivity index (χ0v) is 13.4. The van der Waals surface area contributed by atoms with E-state index in [1.165, 1.54) is 34.0 Å². The largest absolute Gasteiger partial charge is 0.316 e. The van der Waals surface area contributed by atoms with E-state index in [1.54, 1.807) is 0 Å². The molecule has 1 nitrogen and oxygen atoms in total. The molecule has 0 aliphatic heterocycles. The number of hydrogen-bond acceptors (Lipinski definition) is 1. The Morgan fingerprint density at radius 2 is 1.65 bits per heavy atom. The lowest BCUT2D eigenvalue weighted by molar-refractivity contribution is 0.383. The Labute approximate surface area is 129 Å². The van der Waals surface area contributed by atoms with Crippen molar-refractivity contribution >= 4 is 15.9 Å². The molecule has 1 atom stereocenters. The minimum Gasteiger partial charge on any atom is -0.316 e. The molecule has 104 valence electrons. The van der Waals surface area contributed by atoms with Gasteiger partial charge in [0.25, 0.3) is 0 Å². The van der Waals surface area contributed by atoms with Gasteiger partial charge in [0.15, 0.2) is 0 Å². The second kappa shape index (κ2) is 6.11. The van der Waals surface area contributed by atoms with Crippen LogP contribution in [0.15, 0.2) is 53.0 Å². The van der Waals surface area contributed by atoms with Crippen LogP contribution in [0, 0.1) is 5.92 Å². The zero-order chi connectivity index (χ0) is 13.9. The number of rotatable bonds is 4. The van der Waals surface area contributed by atoms with Crippen molar-refractivity contribution in [3.63, 3.8) is 0 Å². The second-order valence-corrected chi connectivity index (χ2v) is 6.48. The topological polar surface area (TPSA) is 12.0 Å². The van der Waals surface area contributed by atoms with E-state index < -0.39 is 0 Å². The van der Waals surface area contributed by atoms with Crippen molar-refractivity contribution in [1.29, 1.82) is 0 Å². The van der Waals surface area contributed by atoms with Crippen molar-refractivity contribution in [2.75, 3.05) is 7.05 Å². The van der Waals surface area contributed by atoms with E-state index in [1.807, 2.05) is 0 Å². The standard InChI is InChI=1S/C18H20BrN/c1-20-18(12-15-8-4-5-9-17(15)19)16-10-13-6-2-3-7-14(13)11-16/h2-9,16,18,20H,10-12H2,1H3. The fourth-order valence-electron chi connectivity index (χ4n) is 3.28. The molecule has 0 fully saturated rings. The van der Waals surface area contributed by atoms with Gasteiger partial charge < -0.3 is 5.32 Å². The number of halogens is 1. The van der Waals surface area contributed by atoms with E-state index in [0.29, 0.717) is 12.0 Å². The molecule has 0 saturated carbocycles. The summed E-state index contributed by atoms with van der Waals surface area (Å²) in [5.41, 5.74) is 4.46. The summed E-state index contributed by atoms with van der Waals surface area (Å²) in [5, 5.41) is 3.53. The van der Waals surface area contributed by atoms with E-state index in [2.05, 4.69) is 76.8 Å². The molecular formula is C18H20BrN.